The Balaban J connectivity index is 2.13. The third kappa shape index (κ3) is 2.93. The number of nitrogens with zero attached hydrogens (tertiary/aromatic N) is 2. The van der Waals surface area contributed by atoms with Crippen LogP contribution < -0.4 is 5.32 Å². The largest absolute Gasteiger partial charge is 0.433 e. The van der Waals surface area contributed by atoms with Crippen molar-refractivity contribution in [2.24, 2.45) is 0 Å². The molecule has 1 aromatic heterocycles. The minimum Gasteiger partial charge on any atom is -0.395 e. The van der Waals surface area contributed by atoms with E-state index in [0.29, 0.717) is 13.1 Å². The molecule has 104 valence electrons. The van der Waals surface area contributed by atoms with E-state index in [1.165, 1.54) is 12.1 Å². The van der Waals surface area contributed by atoms with Gasteiger partial charge < -0.3 is 14.6 Å². The van der Waals surface area contributed by atoms with Gasteiger partial charge >= 0.3 is 5.88 Å². The first-order chi connectivity index (χ1) is 9.13. The van der Waals surface area contributed by atoms with Crippen LogP contribution in [-0.2, 0) is 0 Å². The topological polar surface area (TPSA) is 88.6 Å². The van der Waals surface area contributed by atoms with Gasteiger partial charge in [0.05, 0.1) is 6.07 Å². The Kier molecular flexibility index (Phi) is 4.16. The second-order valence-corrected chi connectivity index (χ2v) is 4.60. The summed E-state index contributed by atoms with van der Waals surface area (Å²) in [5, 5.41) is 13.6. The van der Waals surface area contributed by atoms with Gasteiger partial charge in [-0.2, -0.15) is 0 Å². The van der Waals surface area contributed by atoms with Crippen LogP contribution in [0.1, 0.15) is 29.8 Å². The molecule has 0 bridgehead atoms. The predicted octanol–water partition coefficient (Wildman–Crippen LogP) is 1.40. The highest BCUT2D eigenvalue weighted by atomic mass is 16.6. The van der Waals surface area contributed by atoms with Gasteiger partial charge in [0.2, 0.25) is 0 Å². The van der Waals surface area contributed by atoms with Gasteiger partial charge in [-0.3, -0.25) is 14.9 Å². The molecule has 2 heterocycles. The van der Waals surface area contributed by atoms with Crippen LogP contribution in [0.4, 0.5) is 5.88 Å². The van der Waals surface area contributed by atoms with E-state index in [4.69, 9.17) is 4.42 Å². The van der Waals surface area contributed by atoms with Crippen LogP contribution in [0.25, 0.3) is 0 Å². The first kappa shape index (κ1) is 13.5. The molecule has 1 aliphatic rings. The number of furan rings is 1. The zero-order chi connectivity index (χ0) is 13.8. The van der Waals surface area contributed by atoms with Crippen molar-refractivity contribution in [3.63, 3.8) is 0 Å². The molecule has 2 rings (SSSR count). The lowest BCUT2D eigenvalue weighted by molar-refractivity contribution is -0.402. The van der Waals surface area contributed by atoms with Gasteiger partial charge in [0.1, 0.15) is 4.92 Å². The summed E-state index contributed by atoms with van der Waals surface area (Å²) < 4.78 is 4.98. The van der Waals surface area contributed by atoms with Crippen LogP contribution in [0.2, 0.25) is 0 Å². The minimum absolute atomic E-state index is 0.0368. The van der Waals surface area contributed by atoms with E-state index in [9.17, 15) is 14.9 Å². The molecular formula is C12H17N3O4. The van der Waals surface area contributed by atoms with Crippen molar-refractivity contribution in [1.29, 1.82) is 0 Å². The summed E-state index contributed by atoms with van der Waals surface area (Å²) in [4.78, 5) is 24.0. The molecule has 1 atom stereocenters. The van der Waals surface area contributed by atoms with Crippen LogP contribution in [0.3, 0.4) is 0 Å². The Hall–Kier alpha value is -1.89. The van der Waals surface area contributed by atoms with Crippen molar-refractivity contribution in [1.82, 2.24) is 10.2 Å². The quantitative estimate of drug-likeness (QED) is 0.658. The molecule has 7 heteroatoms. The molecule has 0 spiro atoms. The summed E-state index contributed by atoms with van der Waals surface area (Å²) >= 11 is 0. The number of nitro groups is 1. The maximum absolute atomic E-state index is 12.3. The standard InChI is InChI=1S/C12H17N3O4/c1-13-8-9-4-2-3-7-14(9)12(16)10-5-6-11(19-10)15(17)18/h5-6,9,13H,2-4,7-8H2,1H3. The third-order valence-electron chi connectivity index (χ3n) is 3.31. The normalized spacial score (nSPS) is 19.4. The van der Waals surface area contributed by atoms with Gasteiger partial charge in [0, 0.05) is 19.1 Å². The van der Waals surface area contributed by atoms with E-state index in [0.717, 1.165) is 19.3 Å². The lowest BCUT2D eigenvalue weighted by Gasteiger charge is -2.35. The highest BCUT2D eigenvalue weighted by Gasteiger charge is 2.29. The zero-order valence-corrected chi connectivity index (χ0v) is 10.8. The van der Waals surface area contributed by atoms with Crippen LogP contribution >= 0.6 is 0 Å². The summed E-state index contributed by atoms with van der Waals surface area (Å²) in [5.41, 5.74) is 0. The highest BCUT2D eigenvalue weighted by Crippen LogP contribution is 2.22. The molecule has 7 nitrogen and oxygen atoms in total. The molecule has 0 saturated carbocycles. The first-order valence-corrected chi connectivity index (χ1v) is 6.33. The fourth-order valence-electron chi connectivity index (χ4n) is 2.40. The molecule has 1 amide bonds. The Morgan fingerprint density at radius 2 is 2.37 bits per heavy atom. The smallest absolute Gasteiger partial charge is 0.395 e. The monoisotopic (exact) mass is 267 g/mol. The van der Waals surface area contributed by atoms with Gasteiger partial charge in [0.15, 0.2) is 5.76 Å². The Labute approximate surface area is 110 Å². The average Bonchev–Trinajstić information content (AvgIpc) is 2.89. The summed E-state index contributed by atoms with van der Waals surface area (Å²) in [5.74, 6) is -0.631. The SMILES string of the molecule is CNCC1CCCCN1C(=O)c1ccc([N+](=O)[O-])o1. The van der Waals surface area contributed by atoms with E-state index in [1.807, 2.05) is 7.05 Å². The Morgan fingerprint density at radius 3 is 3.00 bits per heavy atom. The van der Waals surface area contributed by atoms with E-state index in [1.54, 1.807) is 4.90 Å². The average molecular weight is 267 g/mol. The summed E-state index contributed by atoms with van der Waals surface area (Å²) in [6.45, 7) is 1.38. The second-order valence-electron chi connectivity index (χ2n) is 4.60. The predicted molar refractivity (Wildman–Crippen MR) is 68.0 cm³/mol. The second kappa shape index (κ2) is 5.83. The Morgan fingerprint density at radius 1 is 1.58 bits per heavy atom. The molecule has 0 aromatic carbocycles. The van der Waals surface area contributed by atoms with Crippen LogP contribution in [-0.4, -0.2) is 41.9 Å². The lowest BCUT2D eigenvalue weighted by Crippen LogP contribution is -2.47. The van der Waals surface area contributed by atoms with Crippen LogP contribution in [0.5, 0.6) is 0 Å². The number of rotatable bonds is 4. The molecule has 1 unspecified atom stereocenters. The minimum atomic E-state index is -0.641. The summed E-state index contributed by atoms with van der Waals surface area (Å²) in [6, 6.07) is 2.70. The number of hydrogen-bond acceptors (Lipinski definition) is 5. The fourth-order valence-corrected chi connectivity index (χ4v) is 2.40. The summed E-state index contributed by atoms with van der Waals surface area (Å²) in [6.07, 6.45) is 2.98. The van der Waals surface area contributed by atoms with Gasteiger partial charge in [-0.25, -0.2) is 0 Å². The van der Waals surface area contributed by atoms with Crippen molar-refractivity contribution >= 4 is 11.8 Å². The molecule has 19 heavy (non-hydrogen) atoms. The maximum atomic E-state index is 12.3. The fraction of sp³-hybridized carbons (Fsp3) is 0.583. The summed E-state index contributed by atoms with van der Waals surface area (Å²) in [7, 11) is 1.84. The number of piperidine rings is 1. The third-order valence-corrected chi connectivity index (χ3v) is 3.31. The number of carbonyl (C=O) groups excluding carboxylic acids is 1. The van der Waals surface area contributed by atoms with Gasteiger partial charge in [-0.15, -0.1) is 0 Å². The van der Waals surface area contributed by atoms with E-state index in [2.05, 4.69) is 5.32 Å². The molecule has 1 saturated heterocycles. The molecule has 1 fully saturated rings. The van der Waals surface area contributed by atoms with E-state index >= 15 is 0 Å². The van der Waals surface area contributed by atoms with Gasteiger partial charge in [-0.1, -0.05) is 0 Å². The van der Waals surface area contributed by atoms with Crippen molar-refractivity contribution in [3.8, 4) is 0 Å². The molecule has 1 aromatic rings. The van der Waals surface area contributed by atoms with Gasteiger partial charge in [0.25, 0.3) is 5.91 Å². The van der Waals surface area contributed by atoms with Crippen molar-refractivity contribution in [2.45, 2.75) is 25.3 Å². The Bertz CT molecular complexity index is 469. The van der Waals surface area contributed by atoms with E-state index < -0.39 is 10.8 Å². The number of likely N-dealkylation sites (N-methyl/N-ethyl adjacent to an activating group) is 1. The number of carbonyl (C=O) groups is 1. The molecule has 0 aliphatic carbocycles. The molecule has 0 radical (unpaired) electrons. The van der Waals surface area contributed by atoms with Crippen molar-refractivity contribution in [3.05, 3.63) is 28.0 Å². The molecule has 1 N–H and O–H groups in total. The van der Waals surface area contributed by atoms with Crippen LogP contribution in [0, 0.1) is 10.1 Å². The number of amides is 1. The number of likely N-dealkylation sites (tertiary alicyclic amines) is 1. The van der Waals surface area contributed by atoms with Crippen molar-refractivity contribution in [2.75, 3.05) is 20.1 Å². The molecular weight excluding hydrogens is 250 g/mol. The number of nitrogens with one attached hydrogen (secondary N) is 1. The highest BCUT2D eigenvalue weighted by molar-refractivity contribution is 5.92. The van der Waals surface area contributed by atoms with Crippen LogP contribution in [0.15, 0.2) is 16.5 Å². The first-order valence-electron chi connectivity index (χ1n) is 6.33. The maximum Gasteiger partial charge on any atom is 0.433 e. The lowest BCUT2D eigenvalue weighted by atomic mass is 10.0. The van der Waals surface area contributed by atoms with E-state index in [-0.39, 0.29) is 17.7 Å². The zero-order valence-electron chi connectivity index (χ0n) is 10.8. The molecule has 1 aliphatic heterocycles. The van der Waals surface area contributed by atoms with Crippen molar-refractivity contribution < 1.29 is 14.1 Å². The number of hydrogen-bond donors (Lipinski definition) is 1. The van der Waals surface area contributed by atoms with Gasteiger partial charge in [-0.05, 0) is 32.4 Å².